The van der Waals surface area contributed by atoms with Crippen LogP contribution in [0.15, 0.2) is 65.0 Å². The number of amides is 1. The van der Waals surface area contributed by atoms with Gasteiger partial charge in [0.05, 0.1) is 10.9 Å². The molecule has 29 heavy (non-hydrogen) atoms. The van der Waals surface area contributed by atoms with Crippen LogP contribution in [-0.4, -0.2) is 37.2 Å². The number of anilines is 1. The Morgan fingerprint density at radius 1 is 1.17 bits per heavy atom. The Morgan fingerprint density at radius 2 is 2.00 bits per heavy atom. The molecule has 1 amide bonds. The predicted octanol–water partition coefficient (Wildman–Crippen LogP) is 3.46. The zero-order valence-electron chi connectivity index (χ0n) is 15.3. The summed E-state index contributed by atoms with van der Waals surface area (Å²) in [5.41, 5.74) is 1.86. The maximum Gasteiger partial charge on any atom is 0.252 e. The van der Waals surface area contributed by atoms with Crippen molar-refractivity contribution in [3.8, 4) is 11.8 Å². The predicted molar refractivity (Wildman–Crippen MR) is 114 cm³/mol. The molecule has 1 aromatic carbocycles. The number of aromatic nitrogens is 1. The van der Waals surface area contributed by atoms with Crippen molar-refractivity contribution in [3.05, 3.63) is 76.4 Å². The fraction of sp³-hybridized carbons (Fsp3) is 0.100. The molecule has 0 aliphatic heterocycles. The zero-order valence-corrected chi connectivity index (χ0v) is 17.7. The van der Waals surface area contributed by atoms with Gasteiger partial charge in [0.2, 0.25) is 5.91 Å². The average molecular weight is 446 g/mol. The Hall–Kier alpha value is -2.70. The smallest absolute Gasteiger partial charge is 0.252 e. The molecule has 2 aromatic heterocycles. The van der Waals surface area contributed by atoms with Crippen molar-refractivity contribution in [2.45, 2.75) is 4.21 Å². The fourth-order valence-electron chi connectivity index (χ4n) is 2.33. The summed E-state index contributed by atoms with van der Waals surface area (Å²) >= 11 is 6.75. The molecule has 0 atom stereocenters. The van der Waals surface area contributed by atoms with Gasteiger partial charge < -0.3 is 5.32 Å². The third-order valence-electron chi connectivity index (χ3n) is 3.73. The maximum absolute atomic E-state index is 12.5. The maximum atomic E-state index is 12.5. The summed E-state index contributed by atoms with van der Waals surface area (Å²) in [5, 5.41) is 2.69. The third-order valence-corrected chi connectivity index (χ3v) is 7.23. The molecule has 9 heteroatoms. The molecule has 3 rings (SSSR count). The fourth-order valence-corrected chi connectivity index (χ4v) is 5.15. The first kappa shape index (κ1) is 21.0. The van der Waals surface area contributed by atoms with E-state index in [-0.39, 0.29) is 10.8 Å². The number of rotatable bonds is 5. The lowest BCUT2D eigenvalue weighted by molar-refractivity contribution is -0.116. The largest absolute Gasteiger partial charge is 0.325 e. The summed E-state index contributed by atoms with van der Waals surface area (Å²) < 4.78 is 26.4. The Kier molecular flexibility index (Phi) is 6.67. The topological polar surface area (TPSA) is 79.4 Å². The number of pyridine rings is 1. The number of thiophene rings is 1. The summed E-state index contributed by atoms with van der Waals surface area (Å²) in [4.78, 5) is 16.4. The van der Waals surface area contributed by atoms with Crippen LogP contribution in [0.4, 0.5) is 5.69 Å². The van der Waals surface area contributed by atoms with Gasteiger partial charge in [-0.15, -0.1) is 11.3 Å². The van der Waals surface area contributed by atoms with Gasteiger partial charge >= 0.3 is 0 Å². The second kappa shape index (κ2) is 9.20. The van der Waals surface area contributed by atoms with Crippen LogP contribution in [0, 0.1) is 11.8 Å². The number of benzene rings is 1. The van der Waals surface area contributed by atoms with Crippen molar-refractivity contribution in [2.75, 3.05) is 18.9 Å². The highest BCUT2D eigenvalue weighted by molar-refractivity contribution is 7.91. The van der Waals surface area contributed by atoms with Crippen LogP contribution < -0.4 is 5.32 Å². The first-order chi connectivity index (χ1) is 13.8. The summed E-state index contributed by atoms with van der Waals surface area (Å²) in [5.74, 6) is 5.46. The third kappa shape index (κ3) is 5.65. The molecule has 1 N–H and O–H groups in total. The minimum Gasteiger partial charge on any atom is -0.325 e. The molecule has 0 aliphatic rings. The van der Waals surface area contributed by atoms with Crippen LogP contribution in [0.5, 0.6) is 0 Å². The molecule has 3 aromatic rings. The van der Waals surface area contributed by atoms with Gasteiger partial charge in [0, 0.05) is 24.5 Å². The molecule has 0 bridgehead atoms. The lowest BCUT2D eigenvalue weighted by Crippen LogP contribution is -2.34. The molecule has 148 valence electrons. The summed E-state index contributed by atoms with van der Waals surface area (Å²) in [6, 6.07) is 15.4. The number of hydrogen-bond donors (Lipinski definition) is 1. The number of likely N-dealkylation sites (N-methyl/N-ethyl adjacent to an activating group) is 1. The van der Waals surface area contributed by atoms with E-state index in [0.717, 1.165) is 15.6 Å². The van der Waals surface area contributed by atoms with Crippen LogP contribution in [0.3, 0.4) is 0 Å². The molecule has 0 saturated carbocycles. The minimum atomic E-state index is -3.78. The van der Waals surface area contributed by atoms with Crippen molar-refractivity contribution < 1.29 is 13.2 Å². The van der Waals surface area contributed by atoms with Gasteiger partial charge in [0.1, 0.15) is 9.90 Å². The highest BCUT2D eigenvalue weighted by atomic mass is 35.5. The Bertz CT molecular complexity index is 1180. The number of halogens is 1. The molecule has 0 fully saturated rings. The lowest BCUT2D eigenvalue weighted by atomic mass is 10.2. The standard InChI is InChI=1S/C20H16ClN3O3S2/c1-24(29(26,27)20-11-10-18(21)28-20)14-19(25)23-17-7-4-5-15(13-17)8-9-16-6-2-3-12-22-16/h2-7,10-13H,14H2,1H3,(H,23,25). The quantitative estimate of drug-likeness (QED) is 0.610. The van der Waals surface area contributed by atoms with Crippen molar-refractivity contribution >= 4 is 44.6 Å². The lowest BCUT2D eigenvalue weighted by Gasteiger charge is -2.15. The Balaban J connectivity index is 1.66. The average Bonchev–Trinajstić information content (AvgIpc) is 3.14. The summed E-state index contributed by atoms with van der Waals surface area (Å²) in [6.45, 7) is -0.332. The monoisotopic (exact) mass is 445 g/mol. The van der Waals surface area contributed by atoms with Crippen LogP contribution in [0.1, 0.15) is 11.3 Å². The summed E-state index contributed by atoms with van der Waals surface area (Å²) in [6.07, 6.45) is 1.66. The van der Waals surface area contributed by atoms with Gasteiger partial charge in [-0.2, -0.15) is 4.31 Å². The molecule has 0 saturated heterocycles. The molecule has 0 aliphatic carbocycles. The van der Waals surface area contributed by atoms with E-state index in [1.165, 1.54) is 19.2 Å². The van der Waals surface area contributed by atoms with E-state index >= 15 is 0 Å². The Labute approximate surface area is 178 Å². The summed E-state index contributed by atoms with van der Waals surface area (Å²) in [7, 11) is -2.43. The van der Waals surface area contributed by atoms with Crippen molar-refractivity contribution in [1.29, 1.82) is 0 Å². The molecule has 0 radical (unpaired) electrons. The molecular weight excluding hydrogens is 430 g/mol. The SMILES string of the molecule is CN(CC(=O)Nc1cccc(C#Cc2ccccn2)c1)S(=O)(=O)c1ccc(Cl)s1. The molecule has 0 unspecified atom stereocenters. The number of sulfonamides is 1. The van der Waals surface area contributed by atoms with Crippen molar-refractivity contribution in [2.24, 2.45) is 0 Å². The van der Waals surface area contributed by atoms with Crippen LogP contribution >= 0.6 is 22.9 Å². The highest BCUT2D eigenvalue weighted by Gasteiger charge is 2.24. The number of hydrogen-bond acceptors (Lipinski definition) is 5. The molecular formula is C20H16ClN3O3S2. The van der Waals surface area contributed by atoms with E-state index in [0.29, 0.717) is 21.3 Å². The van der Waals surface area contributed by atoms with E-state index in [1.54, 1.807) is 30.5 Å². The van der Waals surface area contributed by atoms with Gasteiger partial charge in [-0.1, -0.05) is 29.7 Å². The van der Waals surface area contributed by atoms with E-state index < -0.39 is 15.9 Å². The Morgan fingerprint density at radius 3 is 2.69 bits per heavy atom. The van der Waals surface area contributed by atoms with Crippen molar-refractivity contribution in [1.82, 2.24) is 9.29 Å². The number of nitrogens with one attached hydrogen (secondary N) is 1. The molecule has 2 heterocycles. The number of carbonyl (C=O) groups is 1. The van der Waals surface area contributed by atoms with E-state index in [9.17, 15) is 13.2 Å². The van der Waals surface area contributed by atoms with Gasteiger partial charge in [-0.05, 0) is 48.4 Å². The van der Waals surface area contributed by atoms with Gasteiger partial charge in [-0.3, -0.25) is 4.79 Å². The van der Waals surface area contributed by atoms with E-state index in [4.69, 9.17) is 11.6 Å². The van der Waals surface area contributed by atoms with E-state index in [1.807, 2.05) is 18.2 Å². The van der Waals surface area contributed by atoms with E-state index in [2.05, 4.69) is 22.1 Å². The highest BCUT2D eigenvalue weighted by Crippen LogP contribution is 2.27. The van der Waals surface area contributed by atoms with Crippen LogP contribution in [0.2, 0.25) is 4.34 Å². The second-order valence-electron chi connectivity index (χ2n) is 5.91. The van der Waals surface area contributed by atoms with Crippen LogP contribution in [-0.2, 0) is 14.8 Å². The first-order valence-corrected chi connectivity index (χ1v) is 11.0. The molecule has 6 nitrogen and oxygen atoms in total. The second-order valence-corrected chi connectivity index (χ2v) is 9.90. The van der Waals surface area contributed by atoms with Gasteiger partial charge in [0.15, 0.2) is 0 Å². The minimum absolute atomic E-state index is 0.0876. The van der Waals surface area contributed by atoms with Gasteiger partial charge in [0.25, 0.3) is 10.0 Å². The van der Waals surface area contributed by atoms with Crippen molar-refractivity contribution in [3.63, 3.8) is 0 Å². The zero-order chi connectivity index (χ0) is 20.9. The molecule has 0 spiro atoms. The first-order valence-electron chi connectivity index (χ1n) is 8.39. The number of nitrogens with zero attached hydrogens (tertiary/aromatic N) is 2. The van der Waals surface area contributed by atoms with Crippen LogP contribution in [0.25, 0.3) is 0 Å². The normalized spacial score (nSPS) is 11.0. The number of carbonyl (C=O) groups excluding carboxylic acids is 1. The van der Waals surface area contributed by atoms with Gasteiger partial charge in [-0.25, -0.2) is 13.4 Å².